The first kappa shape index (κ1) is 15.6. The topological polar surface area (TPSA) is 87.0 Å². The fourth-order valence-electron chi connectivity index (χ4n) is 3.06. The van der Waals surface area contributed by atoms with Gasteiger partial charge in [-0.05, 0) is 35.9 Å². The molecule has 0 aliphatic carbocycles. The van der Waals surface area contributed by atoms with Gasteiger partial charge in [-0.25, -0.2) is 8.78 Å². The van der Waals surface area contributed by atoms with Gasteiger partial charge < -0.3 is 10.5 Å². The predicted molar refractivity (Wildman–Crippen MR) is 87.4 cm³/mol. The zero-order valence-corrected chi connectivity index (χ0v) is 13.0. The van der Waals surface area contributed by atoms with Gasteiger partial charge >= 0.3 is 0 Å². The van der Waals surface area contributed by atoms with Crippen LogP contribution in [0.4, 0.5) is 8.78 Å². The van der Waals surface area contributed by atoms with E-state index in [0.717, 1.165) is 17.7 Å². The van der Waals surface area contributed by atoms with Crippen LogP contribution >= 0.6 is 0 Å². The molecule has 0 spiro atoms. The number of hydrogen-bond acceptors (Lipinski definition) is 5. The third-order valence-electron chi connectivity index (χ3n) is 4.39. The molecule has 0 saturated carbocycles. The van der Waals surface area contributed by atoms with Crippen molar-refractivity contribution in [3.63, 3.8) is 0 Å². The van der Waals surface area contributed by atoms with E-state index in [0.29, 0.717) is 22.6 Å². The van der Waals surface area contributed by atoms with Crippen LogP contribution in [0.1, 0.15) is 11.1 Å². The van der Waals surface area contributed by atoms with E-state index in [1.54, 1.807) is 36.8 Å². The molecule has 2 aromatic heterocycles. The van der Waals surface area contributed by atoms with Crippen molar-refractivity contribution < 1.29 is 13.5 Å². The van der Waals surface area contributed by atoms with Crippen LogP contribution in [0.25, 0.3) is 11.3 Å². The Morgan fingerprint density at radius 3 is 2.48 bits per heavy atom. The highest BCUT2D eigenvalue weighted by molar-refractivity contribution is 5.70. The molecule has 4 N–H and O–H groups in total. The van der Waals surface area contributed by atoms with E-state index in [2.05, 4.69) is 9.97 Å². The number of aromatic nitrogens is 2. The van der Waals surface area contributed by atoms with Crippen LogP contribution < -0.4 is 16.2 Å². The van der Waals surface area contributed by atoms with E-state index in [4.69, 9.17) is 16.2 Å². The monoisotopic (exact) mass is 340 g/mol. The molecule has 1 aliphatic rings. The molecule has 2 unspecified atom stereocenters. The maximum Gasteiger partial charge on any atom is 0.174 e. The zero-order chi connectivity index (χ0) is 17.6. The largest absolute Gasteiger partial charge is 0.470 e. The molecule has 126 valence electrons. The number of nitrogens with zero attached hydrogens (tertiary/aromatic N) is 2. The SMILES string of the molecule is NC1Oc2c(ccnc2-c2ccncc2)C1(N)c1ccc(F)c(F)c1. The molecule has 0 fully saturated rings. The average Bonchev–Trinajstić information content (AvgIpc) is 2.90. The molecule has 2 atom stereocenters. The van der Waals surface area contributed by atoms with Crippen LogP contribution in [0.3, 0.4) is 0 Å². The van der Waals surface area contributed by atoms with E-state index in [-0.39, 0.29) is 0 Å². The molecule has 0 amide bonds. The molecule has 5 nitrogen and oxygen atoms in total. The molecular weight excluding hydrogens is 326 g/mol. The Morgan fingerprint density at radius 1 is 1.00 bits per heavy atom. The Morgan fingerprint density at radius 2 is 1.76 bits per heavy atom. The Hall–Kier alpha value is -2.90. The minimum Gasteiger partial charge on any atom is -0.470 e. The van der Waals surface area contributed by atoms with Crippen LogP contribution in [0.5, 0.6) is 5.75 Å². The van der Waals surface area contributed by atoms with Crippen molar-refractivity contribution in [1.82, 2.24) is 9.97 Å². The summed E-state index contributed by atoms with van der Waals surface area (Å²) >= 11 is 0. The van der Waals surface area contributed by atoms with E-state index >= 15 is 0 Å². The fourth-order valence-corrected chi connectivity index (χ4v) is 3.06. The quantitative estimate of drug-likeness (QED) is 0.747. The molecular formula is C18H14F2N4O. The van der Waals surface area contributed by atoms with E-state index in [1.165, 1.54) is 6.07 Å². The number of halogens is 2. The van der Waals surface area contributed by atoms with Crippen molar-refractivity contribution in [3.05, 3.63) is 77.8 Å². The molecule has 0 saturated heterocycles. The minimum atomic E-state index is -1.32. The molecule has 25 heavy (non-hydrogen) atoms. The lowest BCUT2D eigenvalue weighted by atomic mass is 9.83. The van der Waals surface area contributed by atoms with E-state index in [9.17, 15) is 8.78 Å². The van der Waals surface area contributed by atoms with Gasteiger partial charge in [0.25, 0.3) is 0 Å². The van der Waals surface area contributed by atoms with Crippen molar-refractivity contribution in [3.8, 4) is 17.0 Å². The van der Waals surface area contributed by atoms with Gasteiger partial charge in [0.2, 0.25) is 0 Å². The van der Waals surface area contributed by atoms with Crippen LogP contribution in [0.2, 0.25) is 0 Å². The van der Waals surface area contributed by atoms with E-state index < -0.39 is 23.4 Å². The van der Waals surface area contributed by atoms with Gasteiger partial charge in [-0.3, -0.25) is 15.7 Å². The van der Waals surface area contributed by atoms with Gasteiger partial charge in [-0.15, -0.1) is 0 Å². The highest BCUT2D eigenvalue weighted by Gasteiger charge is 2.47. The standard InChI is InChI=1S/C18H14F2N4O/c19-13-2-1-11(9-14(13)20)18(22)12-5-8-24-15(16(12)25-17(18)21)10-3-6-23-7-4-10/h1-9,17H,21-22H2. The van der Waals surface area contributed by atoms with Crippen molar-refractivity contribution in [1.29, 1.82) is 0 Å². The molecule has 1 aromatic carbocycles. The predicted octanol–water partition coefficient (Wildman–Crippen LogP) is 2.30. The highest BCUT2D eigenvalue weighted by atomic mass is 19.2. The summed E-state index contributed by atoms with van der Waals surface area (Å²) in [6, 6.07) is 8.71. The minimum absolute atomic E-state index is 0.324. The summed E-state index contributed by atoms with van der Waals surface area (Å²) in [7, 11) is 0. The number of pyridine rings is 2. The first-order valence-corrected chi connectivity index (χ1v) is 7.58. The molecule has 4 rings (SSSR count). The lowest BCUT2D eigenvalue weighted by Crippen LogP contribution is -2.52. The maximum absolute atomic E-state index is 13.7. The maximum atomic E-state index is 13.7. The third-order valence-corrected chi connectivity index (χ3v) is 4.39. The number of fused-ring (bicyclic) bond motifs is 1. The Balaban J connectivity index is 1.91. The molecule has 0 radical (unpaired) electrons. The van der Waals surface area contributed by atoms with Crippen molar-refractivity contribution in [2.45, 2.75) is 11.8 Å². The second-order valence-corrected chi connectivity index (χ2v) is 5.81. The second-order valence-electron chi connectivity index (χ2n) is 5.81. The summed E-state index contributed by atoms with van der Waals surface area (Å²) in [4.78, 5) is 8.33. The summed E-state index contributed by atoms with van der Waals surface area (Å²) in [5.74, 6) is -1.52. The Kier molecular flexibility index (Phi) is 3.48. The Labute approximate surface area is 142 Å². The molecule has 7 heteroatoms. The zero-order valence-electron chi connectivity index (χ0n) is 13.0. The third kappa shape index (κ3) is 2.28. The number of benzene rings is 1. The van der Waals surface area contributed by atoms with Gasteiger partial charge in [0, 0.05) is 29.7 Å². The van der Waals surface area contributed by atoms with Gasteiger partial charge in [-0.2, -0.15) is 0 Å². The number of rotatable bonds is 2. The normalized spacial score (nSPS) is 21.7. The summed E-state index contributed by atoms with van der Waals surface area (Å²) in [6.45, 7) is 0. The van der Waals surface area contributed by atoms with Gasteiger partial charge in [0.05, 0.1) is 0 Å². The summed E-state index contributed by atoms with van der Waals surface area (Å²) in [6.07, 6.45) is 3.88. The van der Waals surface area contributed by atoms with Crippen molar-refractivity contribution >= 4 is 0 Å². The summed E-state index contributed by atoms with van der Waals surface area (Å²) < 4.78 is 32.8. The van der Waals surface area contributed by atoms with Crippen molar-refractivity contribution in [2.75, 3.05) is 0 Å². The summed E-state index contributed by atoms with van der Waals surface area (Å²) in [5.41, 5.74) is 13.6. The van der Waals surface area contributed by atoms with Gasteiger partial charge in [-0.1, -0.05) is 6.07 Å². The lowest BCUT2D eigenvalue weighted by molar-refractivity contribution is 0.177. The van der Waals surface area contributed by atoms with Crippen LogP contribution in [0, 0.1) is 11.6 Å². The molecule has 3 aromatic rings. The molecule has 3 heterocycles. The first-order valence-electron chi connectivity index (χ1n) is 7.58. The summed E-state index contributed by atoms with van der Waals surface area (Å²) in [5, 5.41) is 0. The number of ether oxygens (including phenoxy) is 1. The van der Waals surface area contributed by atoms with Crippen molar-refractivity contribution in [2.24, 2.45) is 11.5 Å². The van der Waals surface area contributed by atoms with Crippen LogP contribution in [-0.2, 0) is 5.54 Å². The van der Waals surface area contributed by atoms with Gasteiger partial charge in [0.1, 0.15) is 11.2 Å². The van der Waals surface area contributed by atoms with Crippen LogP contribution in [-0.4, -0.2) is 16.2 Å². The first-order chi connectivity index (χ1) is 12.0. The second kappa shape index (κ2) is 5.58. The molecule has 0 bridgehead atoms. The molecule has 1 aliphatic heterocycles. The van der Waals surface area contributed by atoms with E-state index in [1.807, 2.05) is 0 Å². The smallest absolute Gasteiger partial charge is 0.174 e. The van der Waals surface area contributed by atoms with Gasteiger partial charge in [0.15, 0.2) is 23.6 Å². The lowest BCUT2D eigenvalue weighted by Gasteiger charge is -2.28. The number of nitrogens with two attached hydrogens (primary N) is 2. The fraction of sp³-hybridized carbons (Fsp3) is 0.111. The Bertz CT molecular complexity index is 951. The number of hydrogen-bond donors (Lipinski definition) is 2. The average molecular weight is 340 g/mol. The highest BCUT2D eigenvalue weighted by Crippen LogP contribution is 2.46. The van der Waals surface area contributed by atoms with Crippen LogP contribution in [0.15, 0.2) is 55.0 Å².